The van der Waals surface area contributed by atoms with Crippen molar-refractivity contribution in [3.8, 4) is 0 Å². The van der Waals surface area contributed by atoms with Crippen molar-refractivity contribution < 1.29 is 0 Å². The lowest BCUT2D eigenvalue weighted by atomic mass is 10.0. The lowest BCUT2D eigenvalue weighted by Gasteiger charge is -2.11. The topological polar surface area (TPSA) is 24.9 Å². The molecule has 1 aliphatic rings. The van der Waals surface area contributed by atoms with E-state index in [1.54, 1.807) is 6.20 Å². The molecule has 1 unspecified atom stereocenters. The first-order chi connectivity index (χ1) is 8.25. The Morgan fingerprint density at radius 2 is 2.24 bits per heavy atom. The van der Waals surface area contributed by atoms with Gasteiger partial charge >= 0.3 is 0 Å². The first-order valence-corrected chi connectivity index (χ1v) is 6.08. The quantitative estimate of drug-likeness (QED) is 0.826. The summed E-state index contributed by atoms with van der Waals surface area (Å²) in [7, 11) is 0. The van der Waals surface area contributed by atoms with E-state index in [1.165, 1.54) is 22.4 Å². The van der Waals surface area contributed by atoms with Crippen molar-refractivity contribution in [3.63, 3.8) is 0 Å². The highest BCUT2D eigenvalue weighted by Gasteiger charge is 2.25. The Balaban J connectivity index is 1.98. The van der Waals surface area contributed by atoms with Crippen molar-refractivity contribution in [2.75, 3.05) is 5.32 Å². The third-order valence-electron chi connectivity index (χ3n) is 3.28. The molecule has 2 heterocycles. The second-order valence-electron chi connectivity index (χ2n) is 4.41. The summed E-state index contributed by atoms with van der Waals surface area (Å²) in [6, 6.07) is 8.38. The molecule has 0 radical (unpaired) electrons. The molecule has 2 nitrogen and oxygen atoms in total. The highest BCUT2D eigenvalue weighted by atomic mass is 35.5. The molecule has 1 aromatic carbocycles. The Kier molecular flexibility index (Phi) is 2.52. The summed E-state index contributed by atoms with van der Waals surface area (Å²) < 4.78 is 0. The summed E-state index contributed by atoms with van der Waals surface area (Å²) >= 11 is 6.24. The van der Waals surface area contributed by atoms with Crippen LogP contribution in [0.1, 0.15) is 22.7 Å². The van der Waals surface area contributed by atoms with Gasteiger partial charge in [0.25, 0.3) is 0 Å². The molecule has 17 heavy (non-hydrogen) atoms. The molecule has 0 saturated heterocycles. The van der Waals surface area contributed by atoms with Gasteiger partial charge in [-0.15, -0.1) is 0 Å². The summed E-state index contributed by atoms with van der Waals surface area (Å²) in [4.78, 5) is 4.16. The Hall–Kier alpha value is -1.54. The van der Waals surface area contributed by atoms with E-state index in [2.05, 4.69) is 29.4 Å². The van der Waals surface area contributed by atoms with Gasteiger partial charge in [0.15, 0.2) is 0 Å². The molecular weight excluding hydrogens is 232 g/mol. The van der Waals surface area contributed by atoms with Crippen molar-refractivity contribution >= 4 is 17.3 Å². The highest BCUT2D eigenvalue weighted by Crippen LogP contribution is 2.39. The van der Waals surface area contributed by atoms with Crippen LogP contribution < -0.4 is 5.32 Å². The average molecular weight is 245 g/mol. The number of pyridine rings is 1. The SMILES string of the molecule is Cc1ccc(Cl)c2c1NC(c1cccnc1)C2. The predicted octanol–water partition coefficient (Wildman–Crippen LogP) is 3.75. The number of benzene rings is 1. The number of aryl methyl sites for hydroxylation is 1. The van der Waals surface area contributed by atoms with Crippen LogP contribution in [-0.4, -0.2) is 4.98 Å². The van der Waals surface area contributed by atoms with Gasteiger partial charge in [0, 0.05) is 29.5 Å². The molecule has 0 saturated carbocycles. The van der Waals surface area contributed by atoms with E-state index in [-0.39, 0.29) is 6.04 Å². The van der Waals surface area contributed by atoms with E-state index < -0.39 is 0 Å². The van der Waals surface area contributed by atoms with Crippen molar-refractivity contribution in [1.82, 2.24) is 4.98 Å². The Labute approximate surface area is 106 Å². The fourth-order valence-electron chi connectivity index (χ4n) is 2.35. The zero-order chi connectivity index (χ0) is 11.8. The van der Waals surface area contributed by atoms with Gasteiger partial charge in [0.1, 0.15) is 0 Å². The zero-order valence-corrected chi connectivity index (χ0v) is 10.3. The van der Waals surface area contributed by atoms with E-state index in [4.69, 9.17) is 11.6 Å². The third kappa shape index (κ3) is 1.79. The summed E-state index contributed by atoms with van der Waals surface area (Å²) in [6.07, 6.45) is 4.64. The number of aromatic nitrogens is 1. The maximum Gasteiger partial charge on any atom is 0.0570 e. The second kappa shape index (κ2) is 4.04. The molecule has 86 valence electrons. The predicted molar refractivity (Wildman–Crippen MR) is 70.5 cm³/mol. The van der Waals surface area contributed by atoms with Crippen LogP contribution in [0.15, 0.2) is 36.7 Å². The van der Waals surface area contributed by atoms with Crippen molar-refractivity contribution in [3.05, 3.63) is 58.4 Å². The average Bonchev–Trinajstić information content (AvgIpc) is 2.81. The summed E-state index contributed by atoms with van der Waals surface area (Å²) in [5, 5.41) is 4.39. The molecular formula is C14H13ClN2. The monoisotopic (exact) mass is 244 g/mol. The minimum Gasteiger partial charge on any atom is -0.377 e. The van der Waals surface area contributed by atoms with E-state index in [9.17, 15) is 0 Å². The van der Waals surface area contributed by atoms with E-state index >= 15 is 0 Å². The Morgan fingerprint density at radius 3 is 2.94 bits per heavy atom. The van der Waals surface area contributed by atoms with Gasteiger partial charge in [-0.2, -0.15) is 0 Å². The van der Waals surface area contributed by atoms with Gasteiger partial charge < -0.3 is 5.32 Å². The maximum absolute atomic E-state index is 6.24. The third-order valence-corrected chi connectivity index (χ3v) is 3.63. The summed E-state index contributed by atoms with van der Waals surface area (Å²) in [5.74, 6) is 0. The summed E-state index contributed by atoms with van der Waals surface area (Å²) in [5.41, 5.74) is 4.86. The number of anilines is 1. The van der Waals surface area contributed by atoms with Crippen LogP contribution in [-0.2, 0) is 6.42 Å². The molecule has 0 aliphatic carbocycles. The lowest BCUT2D eigenvalue weighted by molar-refractivity contribution is 0.818. The standard InChI is InChI=1S/C14H13ClN2/c1-9-4-5-12(15)11-7-13(17-14(9)11)10-3-2-6-16-8-10/h2-6,8,13,17H,7H2,1H3. The van der Waals surface area contributed by atoms with Crippen molar-refractivity contribution in [2.24, 2.45) is 0 Å². The first kappa shape index (κ1) is 10.6. The Morgan fingerprint density at radius 1 is 1.35 bits per heavy atom. The van der Waals surface area contributed by atoms with E-state index in [0.29, 0.717) is 0 Å². The molecule has 0 amide bonds. The first-order valence-electron chi connectivity index (χ1n) is 5.70. The number of fused-ring (bicyclic) bond motifs is 1. The second-order valence-corrected chi connectivity index (χ2v) is 4.81. The van der Waals surface area contributed by atoms with E-state index in [0.717, 1.165) is 11.4 Å². The highest BCUT2D eigenvalue weighted by molar-refractivity contribution is 6.31. The van der Waals surface area contributed by atoms with Gasteiger partial charge in [-0.3, -0.25) is 4.98 Å². The van der Waals surface area contributed by atoms with Crippen LogP contribution in [0, 0.1) is 6.92 Å². The van der Waals surface area contributed by atoms with Gasteiger partial charge in [-0.1, -0.05) is 23.7 Å². The number of rotatable bonds is 1. The number of halogens is 1. The van der Waals surface area contributed by atoms with Crippen LogP contribution >= 0.6 is 11.6 Å². The molecule has 1 N–H and O–H groups in total. The lowest BCUT2D eigenvalue weighted by Crippen LogP contribution is -2.05. The van der Waals surface area contributed by atoms with Crippen LogP contribution in [0.5, 0.6) is 0 Å². The molecule has 2 aromatic rings. The van der Waals surface area contributed by atoms with Crippen LogP contribution in [0.2, 0.25) is 5.02 Å². The molecule has 1 atom stereocenters. The maximum atomic E-state index is 6.24. The smallest absolute Gasteiger partial charge is 0.0570 e. The van der Waals surface area contributed by atoms with Crippen LogP contribution in [0.25, 0.3) is 0 Å². The van der Waals surface area contributed by atoms with Crippen LogP contribution in [0.3, 0.4) is 0 Å². The van der Waals surface area contributed by atoms with Crippen molar-refractivity contribution in [1.29, 1.82) is 0 Å². The number of hydrogen-bond donors (Lipinski definition) is 1. The van der Waals surface area contributed by atoms with Crippen LogP contribution in [0.4, 0.5) is 5.69 Å². The molecule has 3 heteroatoms. The number of nitrogens with one attached hydrogen (secondary N) is 1. The molecule has 1 aromatic heterocycles. The zero-order valence-electron chi connectivity index (χ0n) is 9.57. The van der Waals surface area contributed by atoms with Gasteiger partial charge in [-0.25, -0.2) is 0 Å². The van der Waals surface area contributed by atoms with Gasteiger partial charge in [-0.05, 0) is 35.7 Å². The molecule has 0 fully saturated rings. The molecule has 0 spiro atoms. The molecule has 1 aliphatic heterocycles. The largest absolute Gasteiger partial charge is 0.377 e. The normalized spacial score (nSPS) is 17.6. The van der Waals surface area contributed by atoms with Gasteiger partial charge in [0.05, 0.1) is 6.04 Å². The Bertz CT molecular complexity index is 521. The fraction of sp³-hybridized carbons (Fsp3) is 0.214. The fourth-order valence-corrected chi connectivity index (χ4v) is 2.59. The van der Waals surface area contributed by atoms with Gasteiger partial charge in [0.2, 0.25) is 0 Å². The minimum atomic E-state index is 0.289. The van der Waals surface area contributed by atoms with E-state index in [1.807, 2.05) is 18.3 Å². The van der Waals surface area contributed by atoms with Crippen molar-refractivity contribution in [2.45, 2.75) is 19.4 Å². The molecule has 0 bridgehead atoms. The minimum absolute atomic E-state index is 0.289. The number of hydrogen-bond acceptors (Lipinski definition) is 2. The summed E-state index contributed by atoms with van der Waals surface area (Å²) in [6.45, 7) is 2.10. The number of nitrogens with zero attached hydrogens (tertiary/aromatic N) is 1. The molecule has 3 rings (SSSR count).